The number of fused-ring (bicyclic) bond motifs is 1. The maximum Gasteiger partial charge on any atom is 0.335 e. The number of benzene rings is 2. The van der Waals surface area contributed by atoms with Crippen molar-refractivity contribution < 1.29 is 5.11 Å². The minimum Gasteiger partial charge on any atom is -0.493 e. The summed E-state index contributed by atoms with van der Waals surface area (Å²) in [6.07, 6.45) is 1.27. The van der Waals surface area contributed by atoms with Crippen molar-refractivity contribution >= 4 is 28.6 Å². The van der Waals surface area contributed by atoms with Crippen LogP contribution in [0.1, 0.15) is 11.1 Å². The quantitative estimate of drug-likeness (QED) is 0.404. The van der Waals surface area contributed by atoms with Crippen LogP contribution in [0.3, 0.4) is 0 Å². The Labute approximate surface area is 212 Å². The van der Waals surface area contributed by atoms with Crippen molar-refractivity contribution in [2.45, 2.75) is 6.92 Å². The number of piperazine rings is 1. The minimum absolute atomic E-state index is 0.146. The molecule has 2 aromatic carbocycles. The summed E-state index contributed by atoms with van der Waals surface area (Å²) in [6, 6.07) is 10.8. The summed E-state index contributed by atoms with van der Waals surface area (Å²) in [7, 11) is 5.49. The van der Waals surface area contributed by atoms with E-state index in [1.54, 1.807) is 41.4 Å². The Kier molecular flexibility index (Phi) is 6.08. The topological polar surface area (TPSA) is 121 Å². The molecule has 3 heterocycles. The van der Waals surface area contributed by atoms with Crippen LogP contribution in [0, 0.1) is 6.92 Å². The molecule has 2 N–H and O–H groups in total. The summed E-state index contributed by atoms with van der Waals surface area (Å²) < 4.78 is 4.18. The lowest BCUT2D eigenvalue weighted by atomic mass is 10.2. The van der Waals surface area contributed by atoms with Crippen molar-refractivity contribution in [3.05, 3.63) is 78.8 Å². The lowest BCUT2D eigenvalue weighted by Crippen LogP contribution is -2.44. The number of anilines is 1. The van der Waals surface area contributed by atoms with Gasteiger partial charge < -0.3 is 14.9 Å². The molecule has 0 saturated carbocycles. The fourth-order valence-electron chi connectivity index (χ4n) is 4.72. The number of likely N-dealkylation sites (N-methyl/N-ethyl adjacent to an activating group) is 1. The molecule has 192 valence electrons. The Morgan fingerprint density at radius 1 is 0.946 bits per heavy atom. The van der Waals surface area contributed by atoms with Crippen molar-refractivity contribution in [1.29, 1.82) is 0 Å². The number of aromatic nitrogens is 4. The Bertz CT molecular complexity index is 1720. The summed E-state index contributed by atoms with van der Waals surface area (Å²) in [5, 5.41) is 11.0. The number of imidazole rings is 1. The van der Waals surface area contributed by atoms with Gasteiger partial charge in [-0.2, -0.15) is 0 Å². The zero-order valence-corrected chi connectivity index (χ0v) is 21.2. The lowest BCUT2D eigenvalue weighted by molar-refractivity contribution is 0.313. The fourth-order valence-corrected chi connectivity index (χ4v) is 4.72. The van der Waals surface area contributed by atoms with Gasteiger partial charge in [0.1, 0.15) is 5.56 Å². The number of aromatic hydroxyl groups is 1. The molecule has 4 aromatic rings. The smallest absolute Gasteiger partial charge is 0.335 e. The van der Waals surface area contributed by atoms with Crippen LogP contribution in [-0.4, -0.2) is 68.1 Å². The first-order valence-corrected chi connectivity index (χ1v) is 12.0. The van der Waals surface area contributed by atoms with E-state index in [9.17, 15) is 19.5 Å². The summed E-state index contributed by atoms with van der Waals surface area (Å²) >= 11 is 0. The van der Waals surface area contributed by atoms with Crippen LogP contribution in [0.15, 0.2) is 55.8 Å². The van der Waals surface area contributed by atoms with Crippen LogP contribution >= 0.6 is 0 Å². The van der Waals surface area contributed by atoms with Crippen molar-refractivity contribution in [1.82, 2.24) is 23.6 Å². The molecule has 2 aromatic heterocycles. The van der Waals surface area contributed by atoms with Crippen LogP contribution in [0.5, 0.6) is 5.88 Å². The first-order chi connectivity index (χ1) is 17.7. The molecule has 0 unspecified atom stereocenters. The van der Waals surface area contributed by atoms with Crippen LogP contribution in [0.2, 0.25) is 0 Å². The number of aliphatic imine (C=N–C) groups is 1. The molecule has 0 atom stereocenters. The molecule has 0 radical (unpaired) electrons. The number of nitrogens with one attached hydrogen (secondary N) is 1. The van der Waals surface area contributed by atoms with E-state index in [1.165, 1.54) is 6.21 Å². The Morgan fingerprint density at radius 3 is 2.30 bits per heavy atom. The molecule has 0 spiro atoms. The highest BCUT2D eigenvalue weighted by Gasteiger charge is 2.21. The third-order valence-electron chi connectivity index (χ3n) is 6.93. The van der Waals surface area contributed by atoms with Gasteiger partial charge in [-0.3, -0.25) is 23.9 Å². The molecule has 0 aliphatic carbocycles. The molecule has 11 heteroatoms. The van der Waals surface area contributed by atoms with Crippen LogP contribution in [0.4, 0.5) is 11.4 Å². The molecule has 11 nitrogen and oxygen atoms in total. The first kappa shape index (κ1) is 24.3. The average Bonchev–Trinajstić information content (AvgIpc) is 3.07. The third kappa shape index (κ3) is 4.27. The van der Waals surface area contributed by atoms with Crippen molar-refractivity contribution in [3.63, 3.8) is 0 Å². The van der Waals surface area contributed by atoms with Gasteiger partial charge in [-0.15, -0.1) is 0 Å². The molecular formula is C26H29N7O4. The predicted molar refractivity (Wildman–Crippen MR) is 144 cm³/mol. The Morgan fingerprint density at radius 2 is 1.62 bits per heavy atom. The number of aryl methyl sites for hydroxylation is 3. The van der Waals surface area contributed by atoms with Gasteiger partial charge in [-0.25, -0.2) is 14.2 Å². The molecule has 0 amide bonds. The highest BCUT2D eigenvalue weighted by atomic mass is 16.3. The van der Waals surface area contributed by atoms with Gasteiger partial charge in [0, 0.05) is 46.5 Å². The van der Waals surface area contributed by atoms with Crippen molar-refractivity contribution in [2.75, 3.05) is 38.1 Å². The molecule has 1 fully saturated rings. The molecule has 1 aliphatic rings. The normalized spacial score (nSPS) is 14.8. The number of hydrogen-bond acceptors (Lipinski definition) is 7. The lowest BCUT2D eigenvalue weighted by Gasteiger charge is -2.34. The number of nitrogens with zero attached hydrogens (tertiary/aromatic N) is 6. The Balaban J connectivity index is 1.67. The SMILES string of the molecule is Cc1cccc(-n2c(O)c(C=Nc3cc4c(cc3N3CCN(C)CC3)n(C)c(=O)n4C)c(=O)[nH]c2=O)c1. The summed E-state index contributed by atoms with van der Waals surface area (Å²) in [5.41, 5.74) is 2.36. The van der Waals surface area contributed by atoms with Crippen LogP contribution < -0.4 is 21.8 Å². The molecule has 0 bridgehead atoms. The van der Waals surface area contributed by atoms with E-state index in [2.05, 4.69) is 26.8 Å². The molecular weight excluding hydrogens is 474 g/mol. The second kappa shape index (κ2) is 9.25. The zero-order valence-electron chi connectivity index (χ0n) is 21.2. The van der Waals surface area contributed by atoms with E-state index in [-0.39, 0.29) is 11.3 Å². The highest BCUT2D eigenvalue weighted by Crippen LogP contribution is 2.34. The van der Waals surface area contributed by atoms with E-state index in [1.807, 2.05) is 25.1 Å². The predicted octanol–water partition coefficient (Wildman–Crippen LogP) is 1.23. The van der Waals surface area contributed by atoms with E-state index >= 15 is 0 Å². The molecule has 37 heavy (non-hydrogen) atoms. The fraction of sp³-hybridized carbons (Fsp3) is 0.308. The maximum absolute atomic E-state index is 12.7. The Hall–Kier alpha value is -4.38. The second-order valence-corrected chi connectivity index (χ2v) is 9.45. The van der Waals surface area contributed by atoms with Gasteiger partial charge in [0.15, 0.2) is 0 Å². The van der Waals surface area contributed by atoms with E-state index in [4.69, 9.17) is 0 Å². The zero-order chi connectivity index (χ0) is 26.4. The summed E-state index contributed by atoms with van der Waals surface area (Å²) in [5.74, 6) is -0.502. The monoisotopic (exact) mass is 503 g/mol. The van der Waals surface area contributed by atoms with Gasteiger partial charge >= 0.3 is 11.4 Å². The van der Waals surface area contributed by atoms with Crippen LogP contribution in [-0.2, 0) is 14.1 Å². The summed E-state index contributed by atoms with van der Waals surface area (Å²) in [4.78, 5) is 49.1. The number of aromatic amines is 1. The van der Waals surface area contributed by atoms with Gasteiger partial charge in [-0.1, -0.05) is 12.1 Å². The van der Waals surface area contributed by atoms with E-state index < -0.39 is 17.1 Å². The molecule has 1 saturated heterocycles. The molecule has 5 rings (SSSR count). The minimum atomic E-state index is -0.746. The van der Waals surface area contributed by atoms with Gasteiger partial charge in [-0.05, 0) is 43.8 Å². The highest BCUT2D eigenvalue weighted by molar-refractivity contribution is 5.92. The van der Waals surface area contributed by atoms with E-state index in [0.29, 0.717) is 16.9 Å². The standard InChI is InChI=1S/C26H29N7O4/c1-16-6-5-7-17(12-16)33-24(35)18(23(34)28-25(33)36)15-27-19-13-21-22(31(4)26(37)30(21)3)14-20(19)32-10-8-29(2)9-11-32/h5-7,12-15,35H,8-11H2,1-4H3,(H,28,34,36). The average molecular weight is 504 g/mol. The second-order valence-electron chi connectivity index (χ2n) is 9.45. The van der Waals surface area contributed by atoms with E-state index in [0.717, 1.165) is 47.5 Å². The largest absolute Gasteiger partial charge is 0.493 e. The van der Waals surface area contributed by atoms with Crippen LogP contribution in [0.25, 0.3) is 16.7 Å². The first-order valence-electron chi connectivity index (χ1n) is 12.0. The number of rotatable bonds is 4. The maximum atomic E-state index is 12.7. The van der Waals surface area contributed by atoms with Gasteiger partial charge in [0.2, 0.25) is 5.88 Å². The van der Waals surface area contributed by atoms with Crippen molar-refractivity contribution in [3.8, 4) is 11.6 Å². The molecule has 1 aliphatic heterocycles. The summed E-state index contributed by atoms with van der Waals surface area (Å²) in [6.45, 7) is 5.16. The third-order valence-corrected chi connectivity index (χ3v) is 6.93. The number of hydrogen-bond donors (Lipinski definition) is 2. The van der Waals surface area contributed by atoms with Gasteiger partial charge in [0.25, 0.3) is 5.56 Å². The van der Waals surface area contributed by atoms with Crippen molar-refractivity contribution in [2.24, 2.45) is 19.1 Å². The van der Waals surface area contributed by atoms with Gasteiger partial charge in [0.05, 0.1) is 28.1 Å². The number of H-pyrrole nitrogens is 1.